The smallest absolute Gasteiger partial charge is 0.393 e. The molecule has 16 heteroatoms. The van der Waals surface area contributed by atoms with Crippen LogP contribution in [-0.4, -0.2) is 88.7 Å². The van der Waals surface area contributed by atoms with Crippen molar-refractivity contribution in [3.05, 3.63) is 46.6 Å². The van der Waals surface area contributed by atoms with Gasteiger partial charge in [-0.05, 0) is 42.7 Å². The predicted octanol–water partition coefficient (Wildman–Crippen LogP) is 4.86. The Bertz CT molecular complexity index is 1900. The Labute approximate surface area is 291 Å². The number of anilines is 2. The Balaban J connectivity index is 1.18. The number of thiophene rings is 1. The van der Waals surface area contributed by atoms with Crippen LogP contribution in [0.3, 0.4) is 0 Å². The number of amides is 1. The number of rotatable bonds is 11. The van der Waals surface area contributed by atoms with Gasteiger partial charge in [-0.25, -0.2) is 17.5 Å². The minimum Gasteiger partial charge on any atom is -0.489 e. The molecule has 270 valence electrons. The second kappa shape index (κ2) is 14.5. The van der Waals surface area contributed by atoms with Crippen LogP contribution in [0, 0.1) is 23.1 Å². The zero-order valence-corrected chi connectivity index (χ0v) is 28.9. The Morgan fingerprint density at radius 2 is 1.90 bits per heavy atom. The van der Waals surface area contributed by atoms with Crippen molar-refractivity contribution in [3.63, 3.8) is 0 Å². The average Bonchev–Trinajstić information content (AvgIpc) is 3.34. The third kappa shape index (κ3) is 8.13. The van der Waals surface area contributed by atoms with Crippen molar-refractivity contribution in [3.8, 4) is 17.6 Å². The van der Waals surface area contributed by atoms with Crippen LogP contribution in [0.5, 0.6) is 5.75 Å². The molecule has 3 aliphatic rings. The van der Waals surface area contributed by atoms with Crippen LogP contribution in [0.2, 0.25) is 0 Å². The van der Waals surface area contributed by atoms with E-state index >= 15 is 0 Å². The van der Waals surface area contributed by atoms with Crippen molar-refractivity contribution >= 4 is 48.7 Å². The van der Waals surface area contributed by atoms with E-state index in [1.165, 1.54) is 11.3 Å². The predicted molar refractivity (Wildman–Crippen MR) is 181 cm³/mol. The number of halogens is 4. The molecule has 0 bridgehead atoms. The first-order chi connectivity index (χ1) is 23.8. The molecule has 0 atom stereocenters. The van der Waals surface area contributed by atoms with E-state index in [0.717, 1.165) is 76.7 Å². The number of likely N-dealkylation sites (tertiary alicyclic amines) is 1. The summed E-state index contributed by atoms with van der Waals surface area (Å²) in [5, 5.41) is 16.1. The number of sulfonamides is 1. The molecule has 3 aromatic rings. The molecule has 2 aliphatic heterocycles. The fraction of sp³-hybridized carbons (Fsp3) is 0.500. The average molecular weight is 739 g/mol. The van der Waals surface area contributed by atoms with Gasteiger partial charge in [0.1, 0.15) is 23.1 Å². The molecule has 1 aromatic heterocycles. The van der Waals surface area contributed by atoms with Crippen molar-refractivity contribution in [2.24, 2.45) is 5.41 Å². The summed E-state index contributed by atoms with van der Waals surface area (Å²) in [4.78, 5) is 13.3. The van der Waals surface area contributed by atoms with Gasteiger partial charge in [-0.3, -0.25) is 9.69 Å². The molecular formula is C34H38F4N4O6S2. The van der Waals surface area contributed by atoms with Gasteiger partial charge < -0.3 is 25.2 Å². The number of carbonyl (C=O) groups is 1. The highest BCUT2D eigenvalue weighted by Crippen LogP contribution is 2.43. The van der Waals surface area contributed by atoms with Crippen LogP contribution in [-0.2, 0) is 26.0 Å². The van der Waals surface area contributed by atoms with Crippen LogP contribution < -0.4 is 20.1 Å². The lowest BCUT2D eigenvalue weighted by atomic mass is 9.75. The quantitative estimate of drug-likeness (QED) is 0.161. The maximum atomic E-state index is 14.9. The third-order valence-corrected chi connectivity index (χ3v) is 11.8. The molecule has 2 aromatic carbocycles. The highest BCUT2D eigenvalue weighted by atomic mass is 32.2. The normalized spacial score (nSPS) is 20.4. The van der Waals surface area contributed by atoms with E-state index in [1.807, 2.05) is 6.07 Å². The molecule has 2 saturated heterocycles. The third-order valence-electron chi connectivity index (χ3n) is 9.18. The summed E-state index contributed by atoms with van der Waals surface area (Å²) >= 11 is 1.18. The monoisotopic (exact) mass is 738 g/mol. The Hall–Kier alpha value is -3.62. The molecule has 50 heavy (non-hydrogen) atoms. The van der Waals surface area contributed by atoms with Crippen molar-refractivity contribution in [1.82, 2.24) is 9.62 Å². The number of nitrogens with one attached hydrogen (secondary N) is 3. The van der Waals surface area contributed by atoms with Crippen LogP contribution in [0.1, 0.15) is 43.0 Å². The first kappa shape index (κ1) is 36.2. The molecule has 1 saturated carbocycles. The number of nitrogens with zero attached hydrogens (tertiary/aromatic N) is 1. The van der Waals surface area contributed by atoms with Gasteiger partial charge in [-0.1, -0.05) is 24.0 Å². The SMILES string of the molecule is CC(=O)NS(=O)(=O)c1cc(OCCO)c(NCC#Cc2sc3c(NC4CCC(N5CC6(COC6)C5)CC4)cccc3c2CC(F)(F)F)cc1F. The first-order valence-electron chi connectivity index (χ1n) is 16.3. The molecule has 1 aliphatic carbocycles. The second-order valence-corrected chi connectivity index (χ2v) is 15.8. The molecule has 10 nitrogen and oxygen atoms in total. The number of carbonyl (C=O) groups excluding carboxylic acids is 1. The lowest BCUT2D eigenvalue weighted by molar-refractivity contribution is -0.200. The second-order valence-electron chi connectivity index (χ2n) is 13.1. The van der Waals surface area contributed by atoms with E-state index in [2.05, 4.69) is 27.4 Å². The van der Waals surface area contributed by atoms with Crippen LogP contribution in [0.4, 0.5) is 28.9 Å². The minimum atomic E-state index is -4.54. The van der Waals surface area contributed by atoms with Gasteiger partial charge in [0.15, 0.2) is 0 Å². The van der Waals surface area contributed by atoms with Gasteiger partial charge in [0.05, 0.1) is 53.7 Å². The fourth-order valence-corrected chi connectivity index (χ4v) is 9.11. The van der Waals surface area contributed by atoms with E-state index in [4.69, 9.17) is 9.47 Å². The van der Waals surface area contributed by atoms with E-state index < -0.39 is 45.8 Å². The van der Waals surface area contributed by atoms with E-state index in [9.17, 15) is 35.9 Å². The van der Waals surface area contributed by atoms with Crippen molar-refractivity contribution in [1.29, 1.82) is 0 Å². The number of alkyl halides is 3. The Morgan fingerprint density at radius 3 is 2.54 bits per heavy atom. The standard InChI is InChI=1S/C34H38F4N4O6S2/c1-21(44)41-50(45,46)31-15-29(48-13-12-43)28(14-26(31)35)39-11-3-6-30-25(16-34(36,37)38)24-4-2-5-27(32(24)49-30)40-22-7-9-23(10-8-22)42-17-33(18-42)19-47-20-33/h2,4-5,14-15,22-23,39-40,43H,7-13,16-20H2,1H3,(H,41,44). The van der Waals surface area contributed by atoms with Gasteiger partial charge in [-0.2, -0.15) is 13.2 Å². The molecule has 0 radical (unpaired) electrons. The molecule has 1 spiro atoms. The van der Waals surface area contributed by atoms with Crippen molar-refractivity contribution in [2.45, 2.75) is 62.2 Å². The van der Waals surface area contributed by atoms with Gasteiger partial charge in [-0.15, -0.1) is 11.3 Å². The Morgan fingerprint density at radius 1 is 1.16 bits per heavy atom. The molecule has 1 amide bonds. The molecule has 0 unspecified atom stereocenters. The molecular weight excluding hydrogens is 701 g/mol. The van der Waals surface area contributed by atoms with E-state index in [-0.39, 0.29) is 41.1 Å². The van der Waals surface area contributed by atoms with E-state index in [0.29, 0.717) is 21.5 Å². The topological polar surface area (TPSA) is 129 Å². The number of fused-ring (bicyclic) bond motifs is 1. The summed E-state index contributed by atoms with van der Waals surface area (Å²) in [6.45, 7) is 4.03. The fourth-order valence-electron chi connectivity index (χ4n) is 6.88. The number of ether oxygens (including phenoxy) is 2. The Kier molecular flexibility index (Phi) is 10.5. The summed E-state index contributed by atoms with van der Waals surface area (Å²) in [6, 6.07) is 7.77. The molecule has 6 rings (SSSR count). The number of hydrogen-bond donors (Lipinski definition) is 4. The maximum absolute atomic E-state index is 14.9. The highest BCUT2D eigenvalue weighted by Gasteiger charge is 2.50. The zero-order valence-electron chi connectivity index (χ0n) is 27.3. The van der Waals surface area contributed by atoms with Crippen LogP contribution >= 0.6 is 11.3 Å². The maximum Gasteiger partial charge on any atom is 0.393 e. The zero-order chi connectivity index (χ0) is 35.7. The van der Waals surface area contributed by atoms with E-state index in [1.54, 1.807) is 16.9 Å². The van der Waals surface area contributed by atoms with Crippen molar-refractivity contribution < 1.29 is 45.4 Å². The van der Waals surface area contributed by atoms with Crippen LogP contribution in [0.25, 0.3) is 10.1 Å². The first-order valence-corrected chi connectivity index (χ1v) is 18.6. The van der Waals surface area contributed by atoms with Gasteiger partial charge in [0.2, 0.25) is 5.91 Å². The largest absolute Gasteiger partial charge is 0.489 e. The van der Waals surface area contributed by atoms with Gasteiger partial charge in [0.25, 0.3) is 10.0 Å². The molecule has 3 heterocycles. The summed E-state index contributed by atoms with van der Waals surface area (Å²) < 4.78 is 94.2. The summed E-state index contributed by atoms with van der Waals surface area (Å²) in [6.07, 6.45) is -1.59. The van der Waals surface area contributed by atoms with Gasteiger partial charge >= 0.3 is 6.18 Å². The molecule has 4 N–H and O–H groups in total. The van der Waals surface area contributed by atoms with Crippen molar-refractivity contribution in [2.75, 3.05) is 56.7 Å². The van der Waals surface area contributed by atoms with Crippen LogP contribution in [0.15, 0.2) is 35.2 Å². The lowest BCUT2D eigenvalue weighted by Crippen LogP contribution is -2.68. The highest BCUT2D eigenvalue weighted by molar-refractivity contribution is 7.90. The summed E-state index contributed by atoms with van der Waals surface area (Å²) in [7, 11) is -4.54. The minimum absolute atomic E-state index is 0.00856. The summed E-state index contributed by atoms with van der Waals surface area (Å²) in [5.74, 6) is 3.41. The number of hydrogen-bond acceptors (Lipinski definition) is 10. The number of benzene rings is 2. The summed E-state index contributed by atoms with van der Waals surface area (Å²) in [5.41, 5.74) is 1.22. The van der Waals surface area contributed by atoms with Gasteiger partial charge in [0, 0.05) is 49.6 Å². The lowest BCUT2D eigenvalue weighted by Gasteiger charge is -2.58. The number of aliphatic hydroxyl groups excluding tert-OH is 1. The number of aliphatic hydroxyl groups is 1. The molecule has 3 fully saturated rings.